The molecule has 1 aliphatic carbocycles. The molecule has 0 radical (unpaired) electrons. The Labute approximate surface area is 214 Å². The fourth-order valence-corrected chi connectivity index (χ4v) is 3.72. The molecule has 1 heterocycles. The average molecular weight is 519 g/mol. The normalized spacial score (nSPS) is 19.3. The number of halogens is 1. The zero-order valence-corrected chi connectivity index (χ0v) is 20.8. The molecule has 3 atom stereocenters. The number of amides is 2. The zero-order chi connectivity index (χ0) is 26.2. The summed E-state index contributed by atoms with van der Waals surface area (Å²) in [5.41, 5.74) is 1.75. The van der Waals surface area contributed by atoms with Gasteiger partial charge < -0.3 is 36.6 Å². The number of carbonyl (C=O) groups excluding carboxylic acids is 2. The lowest BCUT2D eigenvalue weighted by Crippen LogP contribution is -2.42. The van der Waals surface area contributed by atoms with E-state index in [9.17, 15) is 24.9 Å². The summed E-state index contributed by atoms with van der Waals surface area (Å²) in [5.74, 6) is 1.09. The fraction of sp³-hybridized carbons (Fsp3) is 0.417. The average Bonchev–Trinajstić information content (AvgIpc) is 2.84. The van der Waals surface area contributed by atoms with Crippen LogP contribution in [0.5, 0.6) is 0 Å². The molecule has 0 saturated carbocycles. The monoisotopic (exact) mass is 518 g/mol. The largest absolute Gasteiger partial charge is 0.390 e. The number of hydrogen-bond donors (Lipinski definition) is 7. The second-order valence-electron chi connectivity index (χ2n) is 8.41. The van der Waals surface area contributed by atoms with E-state index in [4.69, 9.17) is 11.6 Å². The van der Waals surface area contributed by atoms with Gasteiger partial charge in [0, 0.05) is 61.2 Å². The first-order chi connectivity index (χ1) is 17.2. The van der Waals surface area contributed by atoms with Gasteiger partial charge in [0.2, 0.25) is 11.8 Å². The Morgan fingerprint density at radius 2 is 1.56 bits per heavy atom. The lowest BCUT2D eigenvalue weighted by atomic mass is 9.92. The predicted octanol–water partition coefficient (Wildman–Crippen LogP) is 0.594. The van der Waals surface area contributed by atoms with Gasteiger partial charge in [-0.2, -0.15) is 0 Å². The molecule has 2 amide bonds. The minimum Gasteiger partial charge on any atom is -0.390 e. The molecule has 0 bridgehead atoms. The molecule has 1 aromatic carbocycles. The van der Waals surface area contributed by atoms with Crippen molar-refractivity contribution in [1.29, 1.82) is 0 Å². The number of carbonyl (C=O) groups is 2. The molecule has 1 aromatic heterocycles. The van der Waals surface area contributed by atoms with Crippen LogP contribution >= 0.6 is 11.6 Å². The van der Waals surface area contributed by atoms with Crippen LogP contribution in [0, 0.1) is 6.92 Å². The number of nitrogens with zero attached hydrogens (tertiary/aromatic N) is 2. The number of nitrogens with one attached hydrogen (secondary N) is 4. The summed E-state index contributed by atoms with van der Waals surface area (Å²) < 4.78 is 0. The van der Waals surface area contributed by atoms with Crippen LogP contribution in [0.25, 0.3) is 11.4 Å². The maximum atomic E-state index is 12.4. The SMILES string of the molecule is CC(=O)NCCNc1nc(-c2ccc(Cl)cc2)nc(NCCNC(=O)C2=C[C@H](O)[C@H](O)[C@@H](O)C2)c1C. The van der Waals surface area contributed by atoms with E-state index in [1.54, 1.807) is 12.1 Å². The highest BCUT2D eigenvalue weighted by molar-refractivity contribution is 6.30. The third-order valence-electron chi connectivity index (χ3n) is 5.58. The first-order valence-corrected chi connectivity index (χ1v) is 11.9. The van der Waals surface area contributed by atoms with Crippen LogP contribution in [-0.4, -0.2) is 81.6 Å². The lowest BCUT2D eigenvalue weighted by Gasteiger charge is -2.27. The highest BCUT2D eigenvalue weighted by atomic mass is 35.5. The predicted molar refractivity (Wildman–Crippen MR) is 137 cm³/mol. The molecule has 0 saturated heterocycles. The Morgan fingerprint density at radius 1 is 0.972 bits per heavy atom. The van der Waals surface area contributed by atoms with E-state index >= 15 is 0 Å². The Balaban J connectivity index is 1.67. The van der Waals surface area contributed by atoms with Gasteiger partial charge in [-0.1, -0.05) is 11.6 Å². The number of anilines is 2. The summed E-state index contributed by atoms with van der Waals surface area (Å²) in [5, 5.41) is 41.6. The van der Waals surface area contributed by atoms with Crippen molar-refractivity contribution in [2.24, 2.45) is 0 Å². The summed E-state index contributed by atoms with van der Waals surface area (Å²) in [6.45, 7) is 4.79. The Morgan fingerprint density at radius 3 is 2.11 bits per heavy atom. The van der Waals surface area contributed by atoms with Gasteiger partial charge in [0.1, 0.15) is 23.8 Å². The van der Waals surface area contributed by atoms with Crippen molar-refractivity contribution in [2.75, 3.05) is 36.8 Å². The van der Waals surface area contributed by atoms with Crippen LogP contribution in [-0.2, 0) is 9.59 Å². The number of hydrogen-bond acceptors (Lipinski definition) is 9. The van der Waals surface area contributed by atoms with E-state index in [1.165, 1.54) is 13.0 Å². The Hall–Kier alpha value is -3.25. The number of aromatic nitrogens is 2. The molecular formula is C24H31ClN6O5. The van der Waals surface area contributed by atoms with Gasteiger partial charge in [0.15, 0.2) is 5.82 Å². The molecule has 3 rings (SSSR count). The van der Waals surface area contributed by atoms with E-state index in [2.05, 4.69) is 31.2 Å². The van der Waals surface area contributed by atoms with Crippen molar-refractivity contribution in [1.82, 2.24) is 20.6 Å². The molecule has 0 unspecified atom stereocenters. The molecule has 0 fully saturated rings. The Kier molecular flexibility index (Phi) is 9.59. The number of aliphatic hydroxyl groups is 3. The number of rotatable bonds is 10. The minimum atomic E-state index is -1.31. The molecule has 2 aromatic rings. The standard InChI is InChI=1S/C24H31ClN6O5/c1-13-21(27-8-7-26-14(2)32)30-23(15-3-5-17(25)6-4-15)31-22(13)28-9-10-29-24(36)16-11-18(33)20(35)19(34)12-16/h3-6,11,18-20,33-35H,7-10,12H2,1-2H3,(H,26,32)(H,29,36)(H2,27,28,30,31)/t18-,19-,20-/m0/s1. The molecule has 1 aliphatic rings. The van der Waals surface area contributed by atoms with Crippen molar-refractivity contribution in [2.45, 2.75) is 38.6 Å². The minimum absolute atomic E-state index is 0.0412. The van der Waals surface area contributed by atoms with E-state index in [0.717, 1.165) is 11.1 Å². The van der Waals surface area contributed by atoms with Gasteiger partial charge in [-0.15, -0.1) is 0 Å². The summed E-state index contributed by atoms with van der Waals surface area (Å²) in [7, 11) is 0. The van der Waals surface area contributed by atoms with Crippen LogP contribution in [0.2, 0.25) is 5.02 Å². The highest BCUT2D eigenvalue weighted by Gasteiger charge is 2.31. The van der Waals surface area contributed by atoms with E-state index in [0.29, 0.717) is 42.1 Å². The number of aliphatic hydroxyl groups excluding tert-OH is 3. The van der Waals surface area contributed by atoms with Gasteiger partial charge in [0.05, 0.1) is 6.10 Å². The van der Waals surface area contributed by atoms with Gasteiger partial charge in [0.25, 0.3) is 0 Å². The first kappa shape index (κ1) is 27.3. The smallest absolute Gasteiger partial charge is 0.247 e. The van der Waals surface area contributed by atoms with Crippen molar-refractivity contribution >= 4 is 35.1 Å². The third-order valence-corrected chi connectivity index (χ3v) is 5.83. The molecule has 194 valence electrons. The van der Waals surface area contributed by atoms with Crippen LogP contribution in [0.3, 0.4) is 0 Å². The van der Waals surface area contributed by atoms with Gasteiger partial charge in [-0.25, -0.2) is 9.97 Å². The molecule has 36 heavy (non-hydrogen) atoms. The maximum absolute atomic E-state index is 12.4. The van der Waals surface area contributed by atoms with Crippen LogP contribution in [0.4, 0.5) is 11.6 Å². The molecule has 0 spiro atoms. The van der Waals surface area contributed by atoms with Crippen LogP contribution < -0.4 is 21.3 Å². The van der Waals surface area contributed by atoms with Gasteiger partial charge in [-0.3, -0.25) is 9.59 Å². The highest BCUT2D eigenvalue weighted by Crippen LogP contribution is 2.26. The maximum Gasteiger partial charge on any atom is 0.247 e. The molecule has 7 N–H and O–H groups in total. The topological polar surface area (TPSA) is 169 Å². The number of benzene rings is 1. The molecule has 11 nitrogen and oxygen atoms in total. The van der Waals surface area contributed by atoms with Crippen molar-refractivity contribution < 1.29 is 24.9 Å². The van der Waals surface area contributed by atoms with Crippen LogP contribution in [0.1, 0.15) is 18.9 Å². The molecule has 12 heteroatoms. The van der Waals surface area contributed by atoms with E-state index in [1.807, 2.05) is 19.1 Å². The fourth-order valence-electron chi connectivity index (χ4n) is 3.59. The van der Waals surface area contributed by atoms with Crippen molar-refractivity contribution in [3.05, 3.63) is 46.5 Å². The van der Waals surface area contributed by atoms with Crippen molar-refractivity contribution in [3.8, 4) is 11.4 Å². The molecule has 0 aliphatic heterocycles. The quantitative estimate of drug-likeness (QED) is 0.222. The van der Waals surface area contributed by atoms with Crippen molar-refractivity contribution in [3.63, 3.8) is 0 Å². The lowest BCUT2D eigenvalue weighted by molar-refractivity contribution is -0.119. The summed E-state index contributed by atoms with van der Waals surface area (Å²) in [6.07, 6.45) is -2.58. The second kappa shape index (κ2) is 12.6. The third kappa shape index (κ3) is 7.37. The summed E-state index contributed by atoms with van der Waals surface area (Å²) in [4.78, 5) is 32.8. The van der Waals surface area contributed by atoms with E-state index < -0.39 is 24.2 Å². The van der Waals surface area contributed by atoms with Crippen LogP contribution in [0.15, 0.2) is 35.9 Å². The van der Waals surface area contributed by atoms with E-state index in [-0.39, 0.29) is 24.4 Å². The zero-order valence-electron chi connectivity index (χ0n) is 20.1. The summed E-state index contributed by atoms with van der Waals surface area (Å²) >= 11 is 6.01. The first-order valence-electron chi connectivity index (χ1n) is 11.6. The van der Waals surface area contributed by atoms with Gasteiger partial charge in [-0.05, 0) is 37.3 Å². The Bertz CT molecular complexity index is 1110. The molecular weight excluding hydrogens is 488 g/mol. The van der Waals surface area contributed by atoms with Gasteiger partial charge >= 0.3 is 0 Å². The summed E-state index contributed by atoms with van der Waals surface area (Å²) in [6, 6.07) is 7.13. The second-order valence-corrected chi connectivity index (χ2v) is 8.85.